The highest BCUT2D eigenvalue weighted by Crippen LogP contribution is 2.22. The Kier molecular flexibility index (Phi) is 6.12. The molecule has 20 heavy (non-hydrogen) atoms. The molecule has 0 aliphatic rings. The monoisotopic (exact) mass is 364 g/mol. The molecule has 2 N–H and O–H groups in total. The molecule has 8 heteroatoms. The topological polar surface area (TPSA) is 89.7 Å². The van der Waals surface area contributed by atoms with Gasteiger partial charge in [0.15, 0.2) is 0 Å². The maximum Gasteiger partial charge on any atom is 0.253 e. The van der Waals surface area contributed by atoms with Crippen LogP contribution in [0, 0.1) is 0 Å². The number of hydrogen-bond donors (Lipinski definition) is 1. The highest BCUT2D eigenvalue weighted by atomic mass is 79.9. The fourth-order valence-electron chi connectivity index (χ4n) is 1.62. The number of carbonyl (C=O) groups excluding carboxylic acids is 1. The molecule has 0 spiro atoms. The van der Waals surface area contributed by atoms with E-state index in [1.54, 1.807) is 20.2 Å². The van der Waals surface area contributed by atoms with Gasteiger partial charge in [-0.25, -0.2) is 13.6 Å². The Labute approximate surface area is 127 Å². The van der Waals surface area contributed by atoms with E-state index in [-0.39, 0.29) is 16.4 Å². The van der Waals surface area contributed by atoms with Crippen molar-refractivity contribution in [1.29, 1.82) is 0 Å². The molecule has 6 nitrogen and oxygen atoms in total. The average Bonchev–Trinajstić information content (AvgIpc) is 2.37. The zero-order valence-corrected chi connectivity index (χ0v) is 13.7. The molecule has 0 aliphatic heterocycles. The van der Waals surface area contributed by atoms with Gasteiger partial charge in [0.25, 0.3) is 5.91 Å². The first-order valence-electron chi connectivity index (χ1n) is 5.84. The Hall–Kier alpha value is -0.960. The number of methoxy groups -OCH3 is 1. The van der Waals surface area contributed by atoms with E-state index in [1.807, 2.05) is 0 Å². The van der Waals surface area contributed by atoms with Crippen LogP contribution in [0.4, 0.5) is 0 Å². The molecule has 1 aromatic rings. The number of halogens is 1. The molecule has 0 fully saturated rings. The van der Waals surface area contributed by atoms with Crippen molar-refractivity contribution < 1.29 is 17.9 Å². The minimum Gasteiger partial charge on any atom is -0.385 e. The summed E-state index contributed by atoms with van der Waals surface area (Å²) in [4.78, 5) is 13.6. The van der Waals surface area contributed by atoms with Gasteiger partial charge < -0.3 is 9.64 Å². The Morgan fingerprint density at radius 1 is 1.45 bits per heavy atom. The normalized spacial score (nSPS) is 11.4. The van der Waals surface area contributed by atoms with E-state index in [0.29, 0.717) is 24.0 Å². The summed E-state index contributed by atoms with van der Waals surface area (Å²) in [6.07, 6.45) is 0.706. The number of amides is 1. The molecule has 0 aliphatic carbocycles. The van der Waals surface area contributed by atoms with Crippen molar-refractivity contribution in [2.75, 3.05) is 27.3 Å². The summed E-state index contributed by atoms with van der Waals surface area (Å²) >= 11 is 3.10. The summed E-state index contributed by atoms with van der Waals surface area (Å²) in [5.74, 6) is -0.265. The van der Waals surface area contributed by atoms with Gasteiger partial charge in [0.05, 0.1) is 4.90 Å². The fraction of sp³-hybridized carbons (Fsp3) is 0.417. The number of nitrogens with zero attached hydrogens (tertiary/aromatic N) is 1. The Morgan fingerprint density at radius 3 is 2.65 bits per heavy atom. The molecule has 0 atom stereocenters. The van der Waals surface area contributed by atoms with E-state index in [1.165, 1.54) is 17.0 Å². The van der Waals surface area contributed by atoms with Crippen LogP contribution in [-0.2, 0) is 14.8 Å². The van der Waals surface area contributed by atoms with E-state index in [9.17, 15) is 13.2 Å². The molecule has 1 rings (SSSR count). The number of primary sulfonamides is 1. The van der Waals surface area contributed by atoms with Crippen molar-refractivity contribution in [1.82, 2.24) is 4.90 Å². The number of ether oxygens (including phenoxy) is 1. The van der Waals surface area contributed by atoms with E-state index in [4.69, 9.17) is 9.88 Å². The lowest BCUT2D eigenvalue weighted by molar-refractivity contribution is 0.0779. The van der Waals surface area contributed by atoms with Crippen molar-refractivity contribution in [3.05, 3.63) is 28.2 Å². The highest BCUT2D eigenvalue weighted by molar-refractivity contribution is 9.10. The van der Waals surface area contributed by atoms with Gasteiger partial charge in [-0.3, -0.25) is 4.79 Å². The van der Waals surface area contributed by atoms with Gasteiger partial charge in [-0.1, -0.05) is 0 Å². The highest BCUT2D eigenvalue weighted by Gasteiger charge is 2.18. The van der Waals surface area contributed by atoms with Crippen LogP contribution >= 0.6 is 15.9 Å². The summed E-state index contributed by atoms with van der Waals surface area (Å²) in [6.45, 7) is 1.08. The maximum absolute atomic E-state index is 12.2. The van der Waals surface area contributed by atoms with E-state index in [0.717, 1.165) is 0 Å². The van der Waals surface area contributed by atoms with Crippen molar-refractivity contribution in [2.45, 2.75) is 11.3 Å². The van der Waals surface area contributed by atoms with Crippen molar-refractivity contribution in [3.63, 3.8) is 0 Å². The molecule has 0 aromatic heterocycles. The first kappa shape index (κ1) is 17.1. The average molecular weight is 365 g/mol. The molecule has 0 saturated heterocycles. The summed E-state index contributed by atoms with van der Waals surface area (Å²) < 4.78 is 28.1. The predicted octanol–water partition coefficient (Wildman–Crippen LogP) is 1.21. The van der Waals surface area contributed by atoms with Gasteiger partial charge in [-0.2, -0.15) is 0 Å². The Morgan fingerprint density at radius 2 is 2.10 bits per heavy atom. The summed E-state index contributed by atoms with van der Waals surface area (Å²) in [7, 11) is -0.632. The largest absolute Gasteiger partial charge is 0.385 e. The third kappa shape index (κ3) is 4.55. The molecular weight excluding hydrogens is 348 g/mol. The molecule has 112 valence electrons. The lowest BCUT2D eigenvalue weighted by atomic mass is 10.2. The van der Waals surface area contributed by atoms with Gasteiger partial charge in [-0.05, 0) is 40.5 Å². The van der Waals surface area contributed by atoms with E-state index in [2.05, 4.69) is 15.9 Å². The van der Waals surface area contributed by atoms with Crippen LogP contribution in [0.3, 0.4) is 0 Å². The van der Waals surface area contributed by atoms with Crippen LogP contribution in [0.1, 0.15) is 16.8 Å². The molecule has 0 unspecified atom stereocenters. The zero-order chi connectivity index (χ0) is 15.3. The van der Waals surface area contributed by atoms with E-state index >= 15 is 0 Å². The van der Waals surface area contributed by atoms with Gasteiger partial charge in [0.2, 0.25) is 10.0 Å². The Balaban J connectivity index is 2.94. The summed E-state index contributed by atoms with van der Waals surface area (Å²) in [6, 6.07) is 4.32. The van der Waals surface area contributed by atoms with Crippen molar-refractivity contribution in [3.8, 4) is 0 Å². The molecule has 1 aromatic carbocycles. The second-order valence-corrected chi connectivity index (χ2v) is 6.65. The lowest BCUT2D eigenvalue weighted by Crippen LogP contribution is -2.28. The lowest BCUT2D eigenvalue weighted by Gasteiger charge is -2.17. The van der Waals surface area contributed by atoms with Crippen LogP contribution in [0.2, 0.25) is 0 Å². The molecule has 0 saturated carbocycles. The second kappa shape index (κ2) is 7.16. The zero-order valence-electron chi connectivity index (χ0n) is 11.3. The molecule has 0 heterocycles. The Bertz CT molecular complexity index is 589. The quantitative estimate of drug-likeness (QED) is 0.768. The SMILES string of the molecule is COCCCN(C)C(=O)c1ccc(Br)c(S(N)(=O)=O)c1. The van der Waals surface area contributed by atoms with Gasteiger partial charge >= 0.3 is 0 Å². The minimum absolute atomic E-state index is 0.103. The number of hydrogen-bond acceptors (Lipinski definition) is 4. The molecular formula is C12H17BrN2O4S. The smallest absolute Gasteiger partial charge is 0.253 e. The minimum atomic E-state index is -3.87. The molecule has 0 radical (unpaired) electrons. The summed E-state index contributed by atoms with van der Waals surface area (Å²) in [5, 5.41) is 5.10. The van der Waals surface area contributed by atoms with Crippen LogP contribution in [-0.4, -0.2) is 46.5 Å². The standard InChI is InChI=1S/C12H17BrN2O4S/c1-15(6-3-7-19-2)12(16)9-4-5-10(13)11(8-9)20(14,17)18/h4-5,8H,3,6-7H2,1-2H3,(H2,14,17,18). The molecule has 1 amide bonds. The van der Waals surface area contributed by atoms with Crippen molar-refractivity contribution >= 4 is 31.9 Å². The summed E-state index contributed by atoms with van der Waals surface area (Å²) in [5.41, 5.74) is 0.275. The number of sulfonamides is 1. The molecule has 0 bridgehead atoms. The van der Waals surface area contributed by atoms with Gasteiger partial charge in [0, 0.05) is 37.3 Å². The predicted molar refractivity (Wildman–Crippen MR) is 79.0 cm³/mol. The van der Waals surface area contributed by atoms with Crippen LogP contribution in [0.25, 0.3) is 0 Å². The number of benzene rings is 1. The number of nitrogens with two attached hydrogens (primary N) is 1. The van der Waals surface area contributed by atoms with E-state index < -0.39 is 10.0 Å². The van der Waals surface area contributed by atoms with Crippen molar-refractivity contribution in [2.24, 2.45) is 5.14 Å². The third-order valence-electron chi connectivity index (χ3n) is 2.67. The first-order valence-corrected chi connectivity index (χ1v) is 8.18. The fourth-order valence-corrected chi connectivity index (χ4v) is 3.18. The first-order chi connectivity index (χ1) is 9.27. The third-order valence-corrected chi connectivity index (χ3v) is 4.58. The second-order valence-electron chi connectivity index (χ2n) is 4.26. The van der Waals surface area contributed by atoms with Crippen LogP contribution in [0.5, 0.6) is 0 Å². The van der Waals surface area contributed by atoms with Crippen LogP contribution < -0.4 is 5.14 Å². The number of carbonyl (C=O) groups is 1. The van der Waals surface area contributed by atoms with Crippen LogP contribution in [0.15, 0.2) is 27.6 Å². The van der Waals surface area contributed by atoms with Gasteiger partial charge in [0.1, 0.15) is 0 Å². The van der Waals surface area contributed by atoms with Gasteiger partial charge in [-0.15, -0.1) is 0 Å². The number of rotatable bonds is 6. The maximum atomic E-state index is 12.2.